The Morgan fingerprint density at radius 2 is 1.50 bits per heavy atom. The Hall–Kier alpha value is -4.47. The van der Waals surface area contributed by atoms with Gasteiger partial charge in [0.25, 0.3) is 0 Å². The second-order valence-corrected chi connectivity index (χ2v) is 13.4. The van der Waals surface area contributed by atoms with E-state index < -0.39 is 0 Å². The smallest absolute Gasteiger partial charge is 0.509 e. The van der Waals surface area contributed by atoms with E-state index in [1.807, 2.05) is 23.1 Å². The van der Waals surface area contributed by atoms with Crippen LogP contribution < -0.4 is 4.74 Å². The second-order valence-electron chi connectivity index (χ2n) is 13.4. The van der Waals surface area contributed by atoms with Crippen LogP contribution in [-0.2, 0) is 33.9 Å². The van der Waals surface area contributed by atoms with Crippen LogP contribution in [0.4, 0.5) is 0 Å². The molecule has 3 aromatic heterocycles. The van der Waals surface area contributed by atoms with Gasteiger partial charge in [0.1, 0.15) is 5.82 Å². The van der Waals surface area contributed by atoms with Crippen molar-refractivity contribution < 1.29 is 25.8 Å². The summed E-state index contributed by atoms with van der Waals surface area (Å²) in [7, 11) is 0. The quantitative estimate of drug-likeness (QED) is 0.136. The molecule has 0 saturated heterocycles. The summed E-state index contributed by atoms with van der Waals surface area (Å²) in [5.41, 5.74) is 10.1. The molecule has 0 bridgehead atoms. The van der Waals surface area contributed by atoms with Crippen LogP contribution in [0.1, 0.15) is 49.9 Å². The van der Waals surface area contributed by atoms with Gasteiger partial charge < -0.3 is 9.30 Å². The molecule has 0 aliphatic heterocycles. The summed E-state index contributed by atoms with van der Waals surface area (Å²) in [6.45, 7) is 13.2. The standard InChI is InChI=1S/C42H40N4O.Pt/c1-27(2)18-31-16-17-43-41(22-31)46-39-13-8-7-12-37(39)38-15-14-35(24-40(38)46)47-36-21-32(19-28(3)4)20-34(23-36)45-26-33(25-44-45)42-29(5)10-9-11-30(42)6;/h7-17,20-22,25-28H,18-19H2,1-6H3;/q-2;+2. The van der Waals surface area contributed by atoms with Gasteiger partial charge in [-0.05, 0) is 90.1 Å². The minimum atomic E-state index is 0. The number of pyridine rings is 1. The zero-order valence-electron chi connectivity index (χ0n) is 28.3. The SMILES string of the molecule is Cc1cccc(C)c1-c1cnn(-c2[c-]c(Oc3[c-]c4c(cc3)c3ccccc3n4-c3cc(CC(C)C)ccn3)cc(CC(C)C)c2)c1.[Pt+2]. The summed E-state index contributed by atoms with van der Waals surface area (Å²) in [5.74, 6) is 3.19. The van der Waals surface area contributed by atoms with E-state index in [-0.39, 0.29) is 21.1 Å². The number of benzene rings is 4. The molecule has 6 heteroatoms. The van der Waals surface area contributed by atoms with Crippen molar-refractivity contribution in [3.05, 3.63) is 132 Å². The van der Waals surface area contributed by atoms with Gasteiger partial charge in [0.2, 0.25) is 0 Å². The molecule has 7 rings (SSSR count). The molecule has 0 fully saturated rings. The first-order valence-electron chi connectivity index (χ1n) is 16.5. The summed E-state index contributed by atoms with van der Waals surface area (Å²) >= 11 is 0. The number of rotatable bonds is 9. The summed E-state index contributed by atoms with van der Waals surface area (Å²) in [4.78, 5) is 4.81. The van der Waals surface area contributed by atoms with Gasteiger partial charge in [0, 0.05) is 35.0 Å². The van der Waals surface area contributed by atoms with Crippen molar-refractivity contribution in [2.24, 2.45) is 11.8 Å². The molecule has 0 radical (unpaired) electrons. The van der Waals surface area contributed by atoms with Crippen LogP contribution in [0.5, 0.6) is 11.5 Å². The van der Waals surface area contributed by atoms with Gasteiger partial charge in [-0.2, -0.15) is 16.7 Å². The van der Waals surface area contributed by atoms with E-state index in [1.54, 1.807) is 0 Å². The Bertz CT molecular complexity index is 2210. The molecule has 48 heavy (non-hydrogen) atoms. The number of hydrogen-bond acceptors (Lipinski definition) is 3. The third-order valence-corrected chi connectivity index (χ3v) is 8.59. The van der Waals surface area contributed by atoms with Crippen LogP contribution in [0, 0.1) is 37.8 Å². The van der Waals surface area contributed by atoms with Crippen molar-refractivity contribution in [3.63, 3.8) is 0 Å². The molecule has 3 heterocycles. The van der Waals surface area contributed by atoms with Gasteiger partial charge in [0.15, 0.2) is 0 Å². The van der Waals surface area contributed by atoms with Crippen LogP contribution in [0.15, 0.2) is 97.5 Å². The molecule has 7 aromatic rings. The van der Waals surface area contributed by atoms with Crippen molar-refractivity contribution >= 4 is 21.8 Å². The number of para-hydroxylation sites is 1. The fourth-order valence-electron chi connectivity index (χ4n) is 6.68. The second kappa shape index (κ2) is 13.9. The Kier molecular flexibility index (Phi) is 9.71. The fourth-order valence-corrected chi connectivity index (χ4v) is 6.68. The van der Waals surface area contributed by atoms with E-state index in [1.165, 1.54) is 27.8 Å². The van der Waals surface area contributed by atoms with Crippen LogP contribution >= 0.6 is 0 Å². The van der Waals surface area contributed by atoms with Gasteiger partial charge >= 0.3 is 21.1 Å². The van der Waals surface area contributed by atoms with Crippen LogP contribution in [0.2, 0.25) is 0 Å². The molecule has 244 valence electrons. The fraction of sp³-hybridized carbons (Fsp3) is 0.238. The Morgan fingerprint density at radius 1 is 0.750 bits per heavy atom. The van der Waals surface area contributed by atoms with Crippen molar-refractivity contribution in [1.29, 1.82) is 0 Å². The summed E-state index contributed by atoms with van der Waals surface area (Å²) in [6.07, 6.45) is 7.84. The molecule has 4 aromatic carbocycles. The maximum atomic E-state index is 6.58. The molecule has 5 nitrogen and oxygen atoms in total. The van der Waals surface area contributed by atoms with Crippen molar-refractivity contribution in [2.45, 2.75) is 54.4 Å². The molecule has 0 spiro atoms. The van der Waals surface area contributed by atoms with Gasteiger partial charge in [0.05, 0.1) is 6.20 Å². The Balaban J connectivity index is 0.00000401. The molecule has 0 N–H and O–H groups in total. The maximum absolute atomic E-state index is 6.58. The monoisotopic (exact) mass is 811 g/mol. The van der Waals surface area contributed by atoms with Gasteiger partial charge in [-0.25, -0.2) is 4.98 Å². The normalized spacial score (nSPS) is 11.5. The number of nitrogens with zero attached hydrogens (tertiary/aromatic N) is 4. The van der Waals surface area contributed by atoms with Crippen molar-refractivity contribution in [1.82, 2.24) is 19.3 Å². The third-order valence-electron chi connectivity index (χ3n) is 8.59. The van der Waals surface area contributed by atoms with Gasteiger partial charge in [-0.15, -0.1) is 35.7 Å². The molecule has 0 unspecified atom stereocenters. The number of aryl methyl sites for hydroxylation is 2. The Morgan fingerprint density at radius 3 is 2.27 bits per heavy atom. The predicted molar refractivity (Wildman–Crippen MR) is 192 cm³/mol. The maximum Gasteiger partial charge on any atom is 2.00 e. The average Bonchev–Trinajstić information content (AvgIpc) is 3.63. The molecule has 0 aliphatic rings. The number of hydrogen-bond donors (Lipinski definition) is 0. The number of fused-ring (bicyclic) bond motifs is 3. The topological polar surface area (TPSA) is 44.9 Å². The summed E-state index contributed by atoms with van der Waals surface area (Å²) in [6, 6.07) is 34.6. The molecule has 0 aliphatic carbocycles. The summed E-state index contributed by atoms with van der Waals surface area (Å²) in [5, 5.41) is 7.03. The van der Waals surface area contributed by atoms with E-state index in [2.05, 4.69) is 137 Å². The minimum Gasteiger partial charge on any atom is -0.509 e. The third kappa shape index (κ3) is 6.75. The first kappa shape index (κ1) is 33.4. The van der Waals surface area contributed by atoms with Crippen LogP contribution in [0.25, 0.3) is 44.4 Å². The predicted octanol–water partition coefficient (Wildman–Crippen LogP) is 10.4. The van der Waals surface area contributed by atoms with Crippen molar-refractivity contribution in [3.8, 4) is 34.1 Å². The number of aromatic nitrogens is 4. The van der Waals surface area contributed by atoms with E-state index in [9.17, 15) is 0 Å². The summed E-state index contributed by atoms with van der Waals surface area (Å²) < 4.78 is 10.7. The van der Waals surface area contributed by atoms with Crippen LogP contribution in [0.3, 0.4) is 0 Å². The van der Waals surface area contributed by atoms with Crippen molar-refractivity contribution in [2.75, 3.05) is 0 Å². The first-order valence-corrected chi connectivity index (χ1v) is 16.5. The van der Waals surface area contributed by atoms with E-state index in [4.69, 9.17) is 14.8 Å². The van der Waals surface area contributed by atoms with E-state index in [0.29, 0.717) is 23.3 Å². The largest absolute Gasteiger partial charge is 2.00 e. The first-order chi connectivity index (χ1) is 22.7. The minimum absolute atomic E-state index is 0. The zero-order chi connectivity index (χ0) is 32.7. The average molecular weight is 812 g/mol. The molecule has 0 amide bonds. The van der Waals surface area contributed by atoms with E-state index >= 15 is 0 Å². The molecule has 0 saturated carbocycles. The molecular formula is C42H40N4OPt. The molecule has 0 atom stereocenters. The van der Waals surface area contributed by atoms with Gasteiger partial charge in [-0.1, -0.05) is 69.6 Å². The van der Waals surface area contributed by atoms with Crippen LogP contribution in [-0.4, -0.2) is 19.3 Å². The van der Waals surface area contributed by atoms with E-state index in [0.717, 1.165) is 51.7 Å². The Labute approximate surface area is 297 Å². The zero-order valence-corrected chi connectivity index (χ0v) is 30.6. The number of ether oxygens (including phenoxy) is 1. The molecular weight excluding hydrogens is 772 g/mol. The van der Waals surface area contributed by atoms with Gasteiger partial charge in [-0.3, -0.25) is 4.68 Å².